The lowest BCUT2D eigenvalue weighted by Gasteiger charge is -2.06. The molecule has 2 N–H and O–H groups in total. The van der Waals surface area contributed by atoms with Gasteiger partial charge in [0.25, 0.3) is 5.91 Å². The first-order valence-electron chi connectivity index (χ1n) is 5.61. The second kappa shape index (κ2) is 5.19. The van der Waals surface area contributed by atoms with Crippen molar-refractivity contribution >= 4 is 11.6 Å². The lowest BCUT2D eigenvalue weighted by Crippen LogP contribution is -2.17. The highest BCUT2D eigenvalue weighted by atomic mass is 16.2. The van der Waals surface area contributed by atoms with Gasteiger partial charge in [0, 0.05) is 17.3 Å². The summed E-state index contributed by atoms with van der Waals surface area (Å²) in [5.74, 6) is -0.420. The summed E-state index contributed by atoms with van der Waals surface area (Å²) >= 11 is 0. The van der Waals surface area contributed by atoms with Crippen LogP contribution < -0.4 is 10.9 Å². The van der Waals surface area contributed by atoms with Gasteiger partial charge in [-0.25, -0.2) is 0 Å². The third-order valence-corrected chi connectivity index (χ3v) is 2.54. The average Bonchev–Trinajstić information content (AvgIpc) is 2.38. The van der Waals surface area contributed by atoms with E-state index in [1.54, 1.807) is 37.3 Å². The number of anilines is 1. The zero-order valence-corrected chi connectivity index (χ0v) is 10.2. The number of nitrogens with one attached hydrogen (secondary N) is 2. The van der Waals surface area contributed by atoms with Gasteiger partial charge in [0.15, 0.2) is 0 Å². The lowest BCUT2D eigenvalue weighted by atomic mass is 10.1. The van der Waals surface area contributed by atoms with Crippen molar-refractivity contribution in [2.75, 3.05) is 5.32 Å². The van der Waals surface area contributed by atoms with E-state index in [9.17, 15) is 9.59 Å². The Hall–Kier alpha value is -2.87. The highest BCUT2D eigenvalue weighted by molar-refractivity contribution is 6.04. The SMILES string of the molecule is Cc1cc(C(=O)Nc2ccccc2C#N)cc(=O)[nH]1. The minimum atomic E-state index is -0.420. The zero-order valence-electron chi connectivity index (χ0n) is 10.2. The number of nitriles is 1. The van der Waals surface area contributed by atoms with E-state index in [0.29, 0.717) is 16.9 Å². The summed E-state index contributed by atoms with van der Waals surface area (Å²) in [7, 11) is 0. The van der Waals surface area contributed by atoms with Crippen LogP contribution >= 0.6 is 0 Å². The van der Waals surface area contributed by atoms with Gasteiger partial charge in [0.1, 0.15) is 6.07 Å². The number of pyridine rings is 1. The first kappa shape index (κ1) is 12.6. The third-order valence-electron chi connectivity index (χ3n) is 2.54. The van der Waals surface area contributed by atoms with Gasteiger partial charge in [-0.3, -0.25) is 9.59 Å². The highest BCUT2D eigenvalue weighted by Crippen LogP contribution is 2.14. The van der Waals surface area contributed by atoms with Crippen LogP contribution in [0, 0.1) is 18.3 Å². The fourth-order valence-corrected chi connectivity index (χ4v) is 1.70. The number of nitrogens with zero attached hydrogens (tertiary/aromatic N) is 1. The van der Waals surface area contributed by atoms with Crippen molar-refractivity contribution in [2.24, 2.45) is 0 Å². The van der Waals surface area contributed by atoms with E-state index in [-0.39, 0.29) is 11.1 Å². The molecule has 0 saturated heterocycles. The van der Waals surface area contributed by atoms with Crippen LogP contribution in [0.3, 0.4) is 0 Å². The van der Waals surface area contributed by atoms with Crippen molar-refractivity contribution in [3.05, 3.63) is 63.6 Å². The van der Waals surface area contributed by atoms with Gasteiger partial charge < -0.3 is 10.3 Å². The van der Waals surface area contributed by atoms with Crippen molar-refractivity contribution in [3.63, 3.8) is 0 Å². The van der Waals surface area contributed by atoms with Gasteiger partial charge in [-0.2, -0.15) is 5.26 Å². The van der Waals surface area contributed by atoms with Crippen molar-refractivity contribution in [1.29, 1.82) is 5.26 Å². The van der Waals surface area contributed by atoms with E-state index in [0.717, 1.165) is 0 Å². The minimum Gasteiger partial charge on any atom is -0.326 e. The Morgan fingerprint density at radius 3 is 2.74 bits per heavy atom. The van der Waals surface area contributed by atoms with Gasteiger partial charge in [0.05, 0.1) is 11.3 Å². The van der Waals surface area contributed by atoms with Crippen LogP contribution in [0.5, 0.6) is 0 Å². The number of hydrogen-bond donors (Lipinski definition) is 2. The fraction of sp³-hybridized carbons (Fsp3) is 0.0714. The van der Waals surface area contributed by atoms with E-state index in [2.05, 4.69) is 10.3 Å². The fourth-order valence-electron chi connectivity index (χ4n) is 1.70. The quantitative estimate of drug-likeness (QED) is 0.855. The number of carbonyl (C=O) groups excluding carboxylic acids is 1. The molecule has 0 fully saturated rings. The van der Waals surface area contributed by atoms with Crippen LogP contribution in [0.1, 0.15) is 21.6 Å². The molecule has 2 aromatic rings. The predicted octanol–water partition coefficient (Wildman–Crippen LogP) is 1.81. The van der Waals surface area contributed by atoms with Crippen LogP contribution in [-0.2, 0) is 0 Å². The van der Waals surface area contributed by atoms with Gasteiger partial charge in [0.2, 0.25) is 5.56 Å². The molecule has 0 bridgehead atoms. The molecule has 1 amide bonds. The molecule has 5 nitrogen and oxygen atoms in total. The molecule has 0 radical (unpaired) electrons. The molecule has 94 valence electrons. The third kappa shape index (κ3) is 2.87. The molecule has 0 atom stereocenters. The van der Waals surface area contributed by atoms with Crippen LogP contribution in [-0.4, -0.2) is 10.9 Å². The number of benzene rings is 1. The molecule has 0 unspecified atom stereocenters. The second-order valence-corrected chi connectivity index (χ2v) is 4.03. The molecular weight excluding hydrogens is 242 g/mol. The predicted molar refractivity (Wildman–Crippen MR) is 70.9 cm³/mol. The summed E-state index contributed by atoms with van der Waals surface area (Å²) < 4.78 is 0. The number of aryl methyl sites for hydroxylation is 1. The Morgan fingerprint density at radius 2 is 2.05 bits per heavy atom. The standard InChI is InChI=1S/C14H11N3O2/c1-9-6-11(7-13(18)16-9)14(19)17-12-5-3-2-4-10(12)8-15/h2-7H,1H3,(H,16,18)(H,17,19). The van der Waals surface area contributed by atoms with Gasteiger partial charge >= 0.3 is 0 Å². The van der Waals surface area contributed by atoms with E-state index in [1.165, 1.54) is 6.07 Å². The summed E-state index contributed by atoms with van der Waals surface area (Å²) in [5, 5.41) is 11.6. The number of rotatable bonds is 2. The number of H-pyrrole nitrogens is 1. The van der Waals surface area contributed by atoms with Gasteiger partial charge in [-0.05, 0) is 25.1 Å². The molecule has 1 aromatic carbocycles. The molecule has 0 spiro atoms. The van der Waals surface area contributed by atoms with Crippen molar-refractivity contribution in [2.45, 2.75) is 6.92 Å². The Kier molecular flexibility index (Phi) is 3.44. The summed E-state index contributed by atoms with van der Waals surface area (Å²) in [6.45, 7) is 1.70. The Morgan fingerprint density at radius 1 is 1.32 bits per heavy atom. The number of aromatic amines is 1. The maximum atomic E-state index is 12.0. The van der Waals surface area contributed by atoms with Crippen molar-refractivity contribution in [3.8, 4) is 6.07 Å². The van der Waals surface area contributed by atoms with Crippen LogP contribution in [0.25, 0.3) is 0 Å². The number of hydrogen-bond acceptors (Lipinski definition) is 3. The van der Waals surface area contributed by atoms with E-state index >= 15 is 0 Å². The largest absolute Gasteiger partial charge is 0.326 e. The molecule has 0 aliphatic rings. The first-order valence-corrected chi connectivity index (χ1v) is 5.61. The van der Waals surface area contributed by atoms with Crippen LogP contribution in [0.4, 0.5) is 5.69 Å². The molecule has 5 heteroatoms. The van der Waals surface area contributed by atoms with Crippen LogP contribution in [0.2, 0.25) is 0 Å². The monoisotopic (exact) mass is 253 g/mol. The van der Waals surface area contributed by atoms with Crippen LogP contribution in [0.15, 0.2) is 41.2 Å². The minimum absolute atomic E-state index is 0.258. The highest BCUT2D eigenvalue weighted by Gasteiger charge is 2.09. The second-order valence-electron chi connectivity index (χ2n) is 4.03. The van der Waals surface area contributed by atoms with Gasteiger partial charge in [-0.1, -0.05) is 12.1 Å². The summed E-state index contributed by atoms with van der Waals surface area (Å²) in [6.07, 6.45) is 0. The molecule has 0 aliphatic carbocycles. The van der Waals surface area contributed by atoms with Gasteiger partial charge in [-0.15, -0.1) is 0 Å². The van der Waals surface area contributed by atoms with E-state index in [4.69, 9.17) is 5.26 Å². The number of carbonyl (C=O) groups is 1. The Labute approximate surface area is 109 Å². The number of amides is 1. The molecule has 2 rings (SSSR count). The average molecular weight is 253 g/mol. The normalized spacial score (nSPS) is 9.68. The molecule has 1 aromatic heterocycles. The Balaban J connectivity index is 2.31. The van der Waals surface area contributed by atoms with E-state index in [1.807, 2.05) is 6.07 Å². The number of aromatic nitrogens is 1. The van der Waals surface area contributed by atoms with Crippen molar-refractivity contribution in [1.82, 2.24) is 4.98 Å². The smallest absolute Gasteiger partial charge is 0.255 e. The summed E-state index contributed by atoms with van der Waals surface area (Å²) in [5.41, 5.74) is 1.32. The van der Waals surface area contributed by atoms with E-state index < -0.39 is 5.91 Å². The molecule has 0 saturated carbocycles. The summed E-state index contributed by atoms with van der Waals surface area (Å²) in [4.78, 5) is 25.9. The number of para-hydroxylation sites is 1. The summed E-state index contributed by atoms with van der Waals surface area (Å²) in [6, 6.07) is 11.5. The molecule has 0 aliphatic heterocycles. The molecular formula is C14H11N3O2. The maximum absolute atomic E-state index is 12.0. The topological polar surface area (TPSA) is 85.8 Å². The zero-order chi connectivity index (χ0) is 13.8. The first-order chi connectivity index (χ1) is 9.10. The molecule has 19 heavy (non-hydrogen) atoms. The lowest BCUT2D eigenvalue weighted by molar-refractivity contribution is 0.102. The molecule has 1 heterocycles. The van der Waals surface area contributed by atoms with Crippen molar-refractivity contribution < 1.29 is 4.79 Å². The Bertz CT molecular complexity index is 726. The maximum Gasteiger partial charge on any atom is 0.255 e.